The molecule has 2 aliphatic heterocycles. The Balaban J connectivity index is 1.32. The van der Waals surface area contributed by atoms with E-state index in [1.807, 2.05) is 39.0 Å². The molecule has 0 unspecified atom stereocenters. The summed E-state index contributed by atoms with van der Waals surface area (Å²) in [7, 11) is 1.31. The number of halogens is 2. The lowest BCUT2D eigenvalue weighted by Gasteiger charge is -2.36. The summed E-state index contributed by atoms with van der Waals surface area (Å²) in [4.78, 5) is 54.0. The van der Waals surface area contributed by atoms with Crippen LogP contribution in [0.5, 0.6) is 0 Å². The molecular formula is C34H43F2N5O6. The molecule has 254 valence electrons. The summed E-state index contributed by atoms with van der Waals surface area (Å²) in [5.74, 6) is -3.50. The first-order chi connectivity index (χ1) is 22.3. The van der Waals surface area contributed by atoms with E-state index in [0.717, 1.165) is 49.8 Å². The number of piperidine rings is 1. The molecule has 13 heteroatoms. The minimum atomic E-state index is -1.52. The lowest BCUT2D eigenvalue weighted by atomic mass is 9.89. The van der Waals surface area contributed by atoms with Gasteiger partial charge in [-0.05, 0) is 85.6 Å². The van der Waals surface area contributed by atoms with Crippen molar-refractivity contribution >= 4 is 29.6 Å². The third kappa shape index (κ3) is 9.35. The van der Waals surface area contributed by atoms with E-state index in [0.29, 0.717) is 30.2 Å². The first kappa shape index (κ1) is 35.5. The number of amides is 5. The van der Waals surface area contributed by atoms with Crippen molar-refractivity contribution in [2.75, 3.05) is 45.2 Å². The second-order valence-electron chi connectivity index (χ2n) is 13.1. The summed E-state index contributed by atoms with van der Waals surface area (Å²) in [6.45, 7) is 8.38. The molecule has 0 radical (unpaired) electrons. The summed E-state index contributed by atoms with van der Waals surface area (Å²) in [6.07, 6.45) is 2.87. The Hall–Kier alpha value is -4.36. The molecule has 0 aromatic heterocycles. The zero-order valence-electron chi connectivity index (χ0n) is 27.2. The molecule has 5 amide bonds. The van der Waals surface area contributed by atoms with E-state index in [1.54, 1.807) is 0 Å². The second kappa shape index (κ2) is 15.5. The van der Waals surface area contributed by atoms with Crippen LogP contribution in [0, 0.1) is 17.0 Å². The first-order valence-electron chi connectivity index (χ1n) is 15.7. The zero-order valence-corrected chi connectivity index (χ0v) is 27.2. The number of carbonyl (C=O) groups is 4. The fourth-order valence-corrected chi connectivity index (χ4v) is 6.01. The Kier molecular flexibility index (Phi) is 11.7. The van der Waals surface area contributed by atoms with E-state index >= 15 is 0 Å². The number of rotatable bonds is 11. The predicted octanol–water partition coefficient (Wildman–Crippen LogP) is 5.37. The van der Waals surface area contributed by atoms with Gasteiger partial charge in [0.15, 0.2) is 11.6 Å². The Morgan fingerprint density at radius 2 is 1.77 bits per heavy atom. The number of ether oxygens (including phenoxy) is 1. The number of hydrogen-bond donors (Lipinski definition) is 4. The van der Waals surface area contributed by atoms with Crippen molar-refractivity contribution in [3.05, 3.63) is 76.5 Å². The number of imide groups is 1. The van der Waals surface area contributed by atoms with E-state index in [2.05, 4.69) is 26.9 Å². The van der Waals surface area contributed by atoms with Gasteiger partial charge in [0, 0.05) is 25.8 Å². The highest BCUT2D eigenvalue weighted by Gasteiger charge is 2.42. The van der Waals surface area contributed by atoms with Gasteiger partial charge in [-0.25, -0.2) is 28.1 Å². The third-order valence-electron chi connectivity index (χ3n) is 8.18. The van der Waals surface area contributed by atoms with Crippen LogP contribution in [-0.4, -0.2) is 78.7 Å². The molecule has 2 aromatic carbocycles. The van der Waals surface area contributed by atoms with Crippen LogP contribution in [0.25, 0.3) is 0 Å². The first-order valence-corrected chi connectivity index (χ1v) is 15.7. The Bertz CT molecular complexity index is 1520. The van der Waals surface area contributed by atoms with Gasteiger partial charge in [-0.2, -0.15) is 0 Å². The topological polar surface area (TPSA) is 140 Å². The monoisotopic (exact) mass is 655 g/mol. The van der Waals surface area contributed by atoms with E-state index < -0.39 is 41.3 Å². The minimum Gasteiger partial charge on any atom is -0.478 e. The molecule has 1 fully saturated rings. The largest absolute Gasteiger partial charge is 0.478 e. The van der Waals surface area contributed by atoms with Crippen molar-refractivity contribution < 1.29 is 37.8 Å². The van der Waals surface area contributed by atoms with Crippen molar-refractivity contribution in [2.45, 2.75) is 58.4 Å². The fourth-order valence-electron chi connectivity index (χ4n) is 6.01. The maximum Gasteiger partial charge on any atom is 0.335 e. The maximum absolute atomic E-state index is 14.2. The lowest BCUT2D eigenvalue weighted by Crippen LogP contribution is -2.55. The SMILES string of the molecule is COCC1=C(C(=O)O)[C@H](c2ccc(F)c(F)c2)N(C(=O)NCCCN2CCC(c3cccc(NC(=O)CC(C)(C)C)c3)CC2)C(=O)N1. The number of aliphatic carboxylic acids is 1. The number of carbonyl (C=O) groups excluding carboxylic acids is 3. The molecule has 0 spiro atoms. The van der Waals surface area contributed by atoms with Crippen LogP contribution in [-0.2, 0) is 14.3 Å². The lowest BCUT2D eigenvalue weighted by molar-refractivity contribution is -0.133. The van der Waals surface area contributed by atoms with Crippen LogP contribution in [0.1, 0.15) is 69.5 Å². The second-order valence-corrected chi connectivity index (χ2v) is 13.1. The van der Waals surface area contributed by atoms with Gasteiger partial charge >= 0.3 is 18.0 Å². The molecule has 0 bridgehead atoms. The fraction of sp³-hybridized carbons (Fsp3) is 0.471. The number of likely N-dealkylation sites (tertiary alicyclic amines) is 1. The van der Waals surface area contributed by atoms with Gasteiger partial charge in [-0.1, -0.05) is 39.0 Å². The van der Waals surface area contributed by atoms with Gasteiger partial charge in [0.1, 0.15) is 6.04 Å². The van der Waals surface area contributed by atoms with Crippen LogP contribution < -0.4 is 16.0 Å². The number of benzene rings is 2. The average Bonchev–Trinajstić information content (AvgIpc) is 2.99. The van der Waals surface area contributed by atoms with Gasteiger partial charge in [0.25, 0.3) is 0 Å². The normalized spacial score (nSPS) is 17.8. The molecule has 2 aromatic rings. The number of hydrogen-bond acceptors (Lipinski definition) is 6. The molecule has 0 aliphatic carbocycles. The molecule has 4 rings (SSSR count). The highest BCUT2D eigenvalue weighted by atomic mass is 19.2. The number of anilines is 1. The van der Waals surface area contributed by atoms with Crippen molar-refractivity contribution in [2.24, 2.45) is 5.41 Å². The number of urea groups is 2. The standard InChI is InChI=1S/C34H43F2N5O6/c1-34(2,3)19-28(42)38-24-8-5-7-22(17-24)21-11-15-40(16-12-21)14-6-13-37-32(45)41-30(23-9-10-25(35)26(36)18-23)29(31(43)44)27(20-47-4)39-33(41)46/h5,7-10,17-18,21,30H,6,11-16,19-20H2,1-4H3,(H,37,45)(H,38,42)(H,39,46)(H,43,44)/t30-/m0/s1. The molecular weight excluding hydrogens is 612 g/mol. The van der Waals surface area contributed by atoms with E-state index in [-0.39, 0.29) is 35.7 Å². The molecule has 1 atom stereocenters. The van der Waals surface area contributed by atoms with E-state index in [1.165, 1.54) is 12.7 Å². The number of carboxylic acids is 1. The van der Waals surface area contributed by atoms with Crippen molar-refractivity contribution in [1.29, 1.82) is 0 Å². The summed E-state index contributed by atoms with van der Waals surface area (Å²) < 4.78 is 32.9. The van der Waals surface area contributed by atoms with Crippen LogP contribution in [0.4, 0.5) is 24.1 Å². The van der Waals surface area contributed by atoms with Gasteiger partial charge in [-0.3, -0.25) is 4.79 Å². The van der Waals surface area contributed by atoms with Crippen LogP contribution in [0.15, 0.2) is 53.7 Å². The quantitative estimate of drug-likeness (QED) is 0.239. The Morgan fingerprint density at radius 3 is 2.40 bits per heavy atom. The summed E-state index contributed by atoms with van der Waals surface area (Å²) in [5.41, 5.74) is 1.31. The summed E-state index contributed by atoms with van der Waals surface area (Å²) in [5, 5.41) is 18.1. The van der Waals surface area contributed by atoms with Crippen molar-refractivity contribution in [1.82, 2.24) is 20.4 Å². The van der Waals surface area contributed by atoms with E-state index in [9.17, 15) is 33.1 Å². The van der Waals surface area contributed by atoms with Crippen LogP contribution in [0.2, 0.25) is 0 Å². The molecule has 2 aliphatic rings. The smallest absolute Gasteiger partial charge is 0.335 e. The summed E-state index contributed by atoms with van der Waals surface area (Å²) in [6, 6.07) is 7.40. The molecule has 1 saturated heterocycles. The van der Waals surface area contributed by atoms with Crippen LogP contribution in [0.3, 0.4) is 0 Å². The average molecular weight is 656 g/mol. The maximum atomic E-state index is 14.2. The third-order valence-corrected chi connectivity index (χ3v) is 8.18. The van der Waals surface area contributed by atoms with Crippen LogP contribution >= 0.6 is 0 Å². The van der Waals surface area contributed by atoms with Gasteiger partial charge in [-0.15, -0.1) is 0 Å². The highest BCUT2D eigenvalue weighted by molar-refractivity contribution is 6.01. The van der Waals surface area contributed by atoms with Crippen molar-refractivity contribution in [3.63, 3.8) is 0 Å². The number of nitrogens with zero attached hydrogens (tertiary/aromatic N) is 2. The zero-order chi connectivity index (χ0) is 34.3. The Morgan fingerprint density at radius 1 is 1.04 bits per heavy atom. The van der Waals surface area contributed by atoms with Gasteiger partial charge in [0.2, 0.25) is 5.91 Å². The summed E-state index contributed by atoms with van der Waals surface area (Å²) >= 11 is 0. The number of nitrogens with one attached hydrogen (secondary N) is 3. The van der Waals surface area contributed by atoms with E-state index in [4.69, 9.17) is 4.74 Å². The molecule has 2 heterocycles. The minimum absolute atomic E-state index is 0.00742. The van der Waals surface area contributed by atoms with Crippen molar-refractivity contribution in [3.8, 4) is 0 Å². The van der Waals surface area contributed by atoms with Gasteiger partial charge < -0.3 is 30.7 Å². The van der Waals surface area contributed by atoms with Gasteiger partial charge in [0.05, 0.1) is 17.9 Å². The molecule has 0 saturated carbocycles. The predicted molar refractivity (Wildman–Crippen MR) is 172 cm³/mol. The highest BCUT2D eigenvalue weighted by Crippen LogP contribution is 2.35. The number of carboxylic acid groups (broad SMARTS) is 1. The Labute approximate surface area is 273 Å². The molecule has 4 N–H and O–H groups in total. The number of methoxy groups -OCH3 is 1. The molecule has 47 heavy (non-hydrogen) atoms. The molecule has 11 nitrogen and oxygen atoms in total.